The summed E-state index contributed by atoms with van der Waals surface area (Å²) in [6.07, 6.45) is 2.77. The summed E-state index contributed by atoms with van der Waals surface area (Å²) in [5.41, 5.74) is 1.17. The fourth-order valence-electron chi connectivity index (χ4n) is 2.46. The minimum Gasteiger partial charge on any atom is -0.302 e. The Morgan fingerprint density at radius 2 is 1.62 bits per heavy atom. The molecular formula is C19H21ClFNOS. The van der Waals surface area contributed by atoms with Crippen molar-refractivity contribution in [1.29, 1.82) is 0 Å². The second-order valence-electron chi connectivity index (χ2n) is 5.64. The smallest absolute Gasteiger partial charge is 0.123 e. The molecule has 2 aromatic rings. The van der Waals surface area contributed by atoms with Gasteiger partial charge in [0.2, 0.25) is 0 Å². The van der Waals surface area contributed by atoms with Gasteiger partial charge in [-0.2, -0.15) is 0 Å². The van der Waals surface area contributed by atoms with Gasteiger partial charge >= 0.3 is 0 Å². The first kappa shape index (κ1) is 18.8. The number of piperidine rings is 1. The van der Waals surface area contributed by atoms with Crippen LogP contribution in [-0.4, -0.2) is 33.6 Å². The minimum absolute atomic E-state index is 0.182. The molecule has 0 spiro atoms. The number of likely N-dealkylation sites (tertiary alicyclic amines) is 1. The molecule has 3 rings (SSSR count). The Hall–Kier alpha value is -1.49. The fraction of sp³-hybridized carbons (Fsp3) is 0.316. The summed E-state index contributed by atoms with van der Waals surface area (Å²) in [5.74, 6) is -0.182. The first-order valence-corrected chi connectivity index (χ1v) is 9.11. The maximum Gasteiger partial charge on any atom is 0.123 e. The van der Waals surface area contributed by atoms with Crippen molar-refractivity contribution in [2.24, 2.45) is 0 Å². The summed E-state index contributed by atoms with van der Waals surface area (Å²) in [7, 11) is 0. The fourth-order valence-corrected chi connectivity index (χ4v) is 2.96. The maximum absolute atomic E-state index is 12.7. The van der Waals surface area contributed by atoms with Crippen LogP contribution >= 0.6 is 11.6 Å². The van der Waals surface area contributed by atoms with Crippen molar-refractivity contribution in [1.82, 2.24) is 4.90 Å². The third kappa shape index (κ3) is 6.95. The highest BCUT2D eigenvalue weighted by Crippen LogP contribution is 2.09. The third-order valence-corrected chi connectivity index (χ3v) is 4.79. The normalized spacial score (nSPS) is 14.7. The van der Waals surface area contributed by atoms with Crippen molar-refractivity contribution >= 4 is 27.7 Å². The topological polar surface area (TPSA) is 20.3 Å². The average molecular weight is 366 g/mol. The first-order valence-electron chi connectivity index (χ1n) is 7.99. The van der Waals surface area contributed by atoms with Crippen LogP contribution in [0.1, 0.15) is 18.4 Å². The lowest BCUT2D eigenvalue weighted by molar-refractivity contribution is 0.279. The van der Waals surface area contributed by atoms with E-state index in [1.165, 1.54) is 17.7 Å². The zero-order valence-corrected chi connectivity index (χ0v) is 15.0. The quantitative estimate of drug-likeness (QED) is 0.760. The summed E-state index contributed by atoms with van der Waals surface area (Å²) < 4.78 is 23.3. The molecule has 2 aromatic carbocycles. The summed E-state index contributed by atoms with van der Waals surface area (Å²) >= 11 is 6.20. The van der Waals surface area contributed by atoms with Crippen LogP contribution in [0.4, 0.5) is 4.39 Å². The predicted molar refractivity (Wildman–Crippen MR) is 100 cm³/mol. The number of nitrogens with zero attached hydrogens (tertiary/aromatic N) is 1. The molecule has 1 heterocycles. The third-order valence-electron chi connectivity index (χ3n) is 3.89. The molecule has 0 aliphatic carbocycles. The Morgan fingerprint density at radius 1 is 1.00 bits per heavy atom. The molecule has 24 heavy (non-hydrogen) atoms. The van der Waals surface area contributed by atoms with E-state index < -0.39 is 0 Å². The lowest BCUT2D eigenvalue weighted by Crippen LogP contribution is -2.35. The lowest BCUT2D eigenvalue weighted by atomic mass is 10.1. The lowest BCUT2D eigenvalue weighted by Gasteiger charge is -2.26. The second-order valence-corrected chi connectivity index (χ2v) is 6.82. The Balaban J connectivity index is 0.000000249. The van der Waals surface area contributed by atoms with E-state index in [4.69, 9.17) is 11.6 Å². The molecule has 1 fully saturated rings. The molecule has 0 amide bonds. The van der Waals surface area contributed by atoms with Crippen molar-refractivity contribution in [3.05, 3.63) is 71.0 Å². The van der Waals surface area contributed by atoms with E-state index >= 15 is 0 Å². The van der Waals surface area contributed by atoms with E-state index in [9.17, 15) is 8.60 Å². The standard InChI is InChI=1S/C13H16FNOS.C6H5Cl/c14-12-3-1-11(2-4-12)5-8-15-9-6-13(17-16)7-10-15;7-6-4-2-1-3-5-6/h1-4H,5-10H2;1-5H. The number of halogens is 2. The van der Waals surface area contributed by atoms with Gasteiger partial charge in [0.15, 0.2) is 0 Å². The molecule has 2 nitrogen and oxygen atoms in total. The molecule has 1 saturated heterocycles. The van der Waals surface area contributed by atoms with Crippen LogP contribution < -0.4 is 0 Å². The van der Waals surface area contributed by atoms with Crippen LogP contribution in [0.5, 0.6) is 0 Å². The summed E-state index contributed by atoms with van der Waals surface area (Å²) in [5, 5.41) is 0.794. The Kier molecular flexibility index (Phi) is 8.16. The highest BCUT2D eigenvalue weighted by Gasteiger charge is 2.13. The van der Waals surface area contributed by atoms with Crippen molar-refractivity contribution in [3.8, 4) is 0 Å². The Labute approximate surface area is 151 Å². The van der Waals surface area contributed by atoms with Crippen LogP contribution in [-0.2, 0) is 17.7 Å². The van der Waals surface area contributed by atoms with Crippen molar-refractivity contribution in [3.63, 3.8) is 0 Å². The van der Waals surface area contributed by atoms with E-state index in [0.29, 0.717) is 11.3 Å². The SMILES string of the molecule is Clc1ccccc1.O=S=C1CCN(CCc2ccc(F)cc2)CC1. The molecule has 1 aliphatic heterocycles. The van der Waals surface area contributed by atoms with E-state index in [2.05, 4.69) is 4.90 Å². The molecule has 0 radical (unpaired) electrons. The van der Waals surface area contributed by atoms with Crippen molar-refractivity contribution in [2.75, 3.05) is 19.6 Å². The molecule has 128 valence electrons. The molecule has 0 saturated carbocycles. The largest absolute Gasteiger partial charge is 0.302 e. The van der Waals surface area contributed by atoms with E-state index in [0.717, 1.165) is 48.8 Å². The summed E-state index contributed by atoms with van der Waals surface area (Å²) in [6.45, 7) is 2.94. The summed E-state index contributed by atoms with van der Waals surface area (Å²) in [6, 6.07) is 16.1. The molecule has 0 unspecified atom stereocenters. The molecule has 0 atom stereocenters. The average Bonchev–Trinajstić information content (AvgIpc) is 2.63. The zero-order valence-electron chi connectivity index (χ0n) is 13.5. The molecule has 5 heteroatoms. The van der Waals surface area contributed by atoms with Crippen LogP contribution in [0.2, 0.25) is 5.02 Å². The van der Waals surface area contributed by atoms with E-state index in [-0.39, 0.29) is 5.82 Å². The van der Waals surface area contributed by atoms with Crippen LogP contribution in [0.15, 0.2) is 54.6 Å². The van der Waals surface area contributed by atoms with Gasteiger partial charge in [-0.25, -0.2) is 8.60 Å². The molecule has 0 aromatic heterocycles. The van der Waals surface area contributed by atoms with Crippen molar-refractivity contribution in [2.45, 2.75) is 19.3 Å². The van der Waals surface area contributed by atoms with Gasteiger partial charge in [0, 0.05) is 29.5 Å². The van der Waals surface area contributed by atoms with Gasteiger partial charge in [-0.3, -0.25) is 0 Å². The van der Waals surface area contributed by atoms with Gasteiger partial charge in [-0.15, -0.1) is 0 Å². The molecule has 1 aliphatic rings. The van der Waals surface area contributed by atoms with E-state index in [1.54, 1.807) is 0 Å². The van der Waals surface area contributed by atoms with Gasteiger partial charge in [-0.1, -0.05) is 41.9 Å². The zero-order chi connectivity index (χ0) is 17.2. The maximum atomic E-state index is 12.7. The number of benzene rings is 2. The van der Waals surface area contributed by atoms with Crippen LogP contribution in [0.3, 0.4) is 0 Å². The number of hydrogen-bond acceptors (Lipinski definition) is 2. The van der Waals surface area contributed by atoms with Gasteiger partial charge in [0.25, 0.3) is 0 Å². The first-order chi connectivity index (χ1) is 11.7. The van der Waals surface area contributed by atoms with Gasteiger partial charge in [0.1, 0.15) is 5.82 Å². The molecule has 0 N–H and O–H groups in total. The van der Waals surface area contributed by atoms with Crippen LogP contribution in [0.25, 0.3) is 0 Å². The molecule has 0 bridgehead atoms. The van der Waals surface area contributed by atoms with Crippen molar-refractivity contribution < 1.29 is 8.60 Å². The predicted octanol–water partition coefficient (Wildman–Crippen LogP) is 4.19. The minimum atomic E-state index is -0.182. The monoisotopic (exact) mass is 365 g/mol. The highest BCUT2D eigenvalue weighted by atomic mass is 35.5. The Bertz CT molecular complexity index is 662. The summed E-state index contributed by atoms with van der Waals surface area (Å²) in [4.78, 5) is 3.44. The van der Waals surface area contributed by atoms with Gasteiger partial charge in [0.05, 0.1) is 11.3 Å². The second kappa shape index (κ2) is 10.4. The highest BCUT2D eigenvalue weighted by molar-refractivity contribution is 7.66. The number of rotatable bonds is 3. The Morgan fingerprint density at radius 3 is 2.12 bits per heavy atom. The van der Waals surface area contributed by atoms with E-state index in [1.807, 2.05) is 42.5 Å². The number of hydrogen-bond donors (Lipinski definition) is 0. The van der Waals surface area contributed by atoms with Gasteiger partial charge < -0.3 is 4.90 Å². The molecular weight excluding hydrogens is 345 g/mol. The van der Waals surface area contributed by atoms with Gasteiger partial charge in [-0.05, 0) is 49.1 Å². The van der Waals surface area contributed by atoms with Crippen LogP contribution in [0, 0.1) is 5.82 Å².